The molecule has 2 aromatic heterocycles. The smallest absolute Gasteiger partial charge is 0.471 e. The fourth-order valence-electron chi connectivity index (χ4n) is 2.64. The lowest BCUT2D eigenvalue weighted by molar-refractivity contribution is -0.159. The molecule has 0 aromatic carbocycles. The molecule has 12 heteroatoms. The Kier molecular flexibility index (Phi) is 5.38. The van der Waals surface area contributed by atoms with E-state index >= 15 is 0 Å². The van der Waals surface area contributed by atoms with E-state index in [1.165, 1.54) is 22.6 Å². The molecule has 2 aromatic rings. The quantitative estimate of drug-likeness (QED) is 0.726. The second kappa shape index (κ2) is 7.43. The minimum absolute atomic E-state index is 0.0945. The highest BCUT2D eigenvalue weighted by Crippen LogP contribution is 2.29. The number of hydrogen-bond donors (Lipinski definition) is 0. The first-order chi connectivity index (χ1) is 12.7. The molecule has 3 rings (SSSR count). The van der Waals surface area contributed by atoms with Crippen molar-refractivity contribution in [3.63, 3.8) is 0 Å². The van der Waals surface area contributed by atoms with Crippen LogP contribution in [0.2, 0.25) is 0 Å². The van der Waals surface area contributed by atoms with Crippen LogP contribution in [0.1, 0.15) is 25.7 Å². The number of nitrogens with zero attached hydrogens (tertiary/aromatic N) is 4. The van der Waals surface area contributed by atoms with Crippen LogP contribution in [-0.2, 0) is 16.2 Å². The van der Waals surface area contributed by atoms with E-state index in [1.54, 1.807) is 6.92 Å². The van der Waals surface area contributed by atoms with Crippen LogP contribution >= 0.6 is 0 Å². The van der Waals surface area contributed by atoms with E-state index in [2.05, 4.69) is 19.6 Å². The average Bonchev–Trinajstić information content (AvgIpc) is 3.25. The number of pyridine rings is 1. The first kappa shape index (κ1) is 19.5. The van der Waals surface area contributed by atoms with Gasteiger partial charge in [-0.3, -0.25) is 0 Å². The van der Waals surface area contributed by atoms with Gasteiger partial charge in [-0.1, -0.05) is 12.1 Å². The molecule has 0 aliphatic carbocycles. The Balaban J connectivity index is 1.63. The summed E-state index contributed by atoms with van der Waals surface area (Å²) >= 11 is 0. The summed E-state index contributed by atoms with van der Waals surface area (Å²) in [6.45, 7) is 2.42. The third kappa shape index (κ3) is 4.56. The molecule has 1 aliphatic heterocycles. The summed E-state index contributed by atoms with van der Waals surface area (Å²) in [5.74, 6) is -1.34. The van der Waals surface area contributed by atoms with Crippen LogP contribution in [0.15, 0.2) is 22.9 Å². The maximum absolute atomic E-state index is 12.5. The third-order valence-corrected chi connectivity index (χ3v) is 5.96. The van der Waals surface area contributed by atoms with Gasteiger partial charge in [0.2, 0.25) is 21.7 Å². The van der Waals surface area contributed by atoms with Gasteiger partial charge < -0.3 is 9.26 Å². The van der Waals surface area contributed by atoms with E-state index in [9.17, 15) is 21.6 Å². The molecule has 8 nitrogen and oxygen atoms in total. The standard InChI is InChI=1S/C15H17F3N4O4S/c1-2-7-27(23,24)22-6-5-11(9-22)25-12-4-3-10(8-19-12)13-20-14(26-21-13)15(16,17)18/h3-4,8,11H,2,5-7,9H2,1H3/t11-/m1/s1. The van der Waals surface area contributed by atoms with E-state index in [0.717, 1.165) is 0 Å². The van der Waals surface area contributed by atoms with Crippen molar-refractivity contribution >= 4 is 10.0 Å². The van der Waals surface area contributed by atoms with Gasteiger partial charge in [-0.2, -0.15) is 22.5 Å². The van der Waals surface area contributed by atoms with E-state index < -0.39 is 22.1 Å². The van der Waals surface area contributed by atoms with Crippen LogP contribution in [0.25, 0.3) is 11.4 Å². The van der Waals surface area contributed by atoms with Gasteiger partial charge in [-0.05, 0) is 18.9 Å². The number of hydrogen-bond acceptors (Lipinski definition) is 7. The SMILES string of the molecule is CCCS(=O)(=O)N1CC[C@@H](Oc2ccc(-c3noc(C(F)(F)F)n3)cn2)C1. The van der Waals surface area contributed by atoms with Crippen molar-refractivity contribution in [2.75, 3.05) is 18.8 Å². The van der Waals surface area contributed by atoms with Gasteiger partial charge in [0.25, 0.3) is 0 Å². The topological polar surface area (TPSA) is 98.4 Å². The normalized spacial score (nSPS) is 18.7. The Morgan fingerprint density at radius 1 is 1.37 bits per heavy atom. The van der Waals surface area contributed by atoms with Gasteiger partial charge in [0.05, 0.1) is 12.3 Å². The van der Waals surface area contributed by atoms with Gasteiger partial charge in [-0.25, -0.2) is 13.4 Å². The molecule has 1 fully saturated rings. The number of halogens is 3. The summed E-state index contributed by atoms with van der Waals surface area (Å²) in [4.78, 5) is 7.30. The van der Waals surface area contributed by atoms with Crippen molar-refractivity contribution in [1.82, 2.24) is 19.4 Å². The Bertz CT molecular complexity index is 883. The molecule has 0 saturated carbocycles. The zero-order chi connectivity index (χ0) is 19.7. The summed E-state index contributed by atoms with van der Waals surface area (Å²) in [7, 11) is -3.27. The Morgan fingerprint density at radius 3 is 2.74 bits per heavy atom. The Labute approximate surface area is 153 Å². The van der Waals surface area contributed by atoms with Crippen LogP contribution in [-0.4, -0.2) is 52.8 Å². The molecule has 0 spiro atoms. The second-order valence-electron chi connectivity index (χ2n) is 6.01. The predicted octanol–water partition coefficient (Wildman–Crippen LogP) is 2.34. The number of rotatable bonds is 6. The van der Waals surface area contributed by atoms with Crippen LogP contribution in [0, 0.1) is 0 Å². The van der Waals surface area contributed by atoms with Gasteiger partial charge >= 0.3 is 12.1 Å². The fourth-order valence-corrected chi connectivity index (χ4v) is 4.19. The molecule has 27 heavy (non-hydrogen) atoms. The highest BCUT2D eigenvalue weighted by Gasteiger charge is 2.38. The number of sulfonamides is 1. The summed E-state index contributed by atoms with van der Waals surface area (Å²) in [5, 5.41) is 3.28. The van der Waals surface area contributed by atoms with E-state index in [1.807, 2.05) is 0 Å². The first-order valence-electron chi connectivity index (χ1n) is 8.21. The van der Waals surface area contributed by atoms with E-state index in [0.29, 0.717) is 19.4 Å². The molecule has 1 saturated heterocycles. The number of ether oxygens (including phenoxy) is 1. The van der Waals surface area contributed by atoms with Crippen LogP contribution in [0.4, 0.5) is 13.2 Å². The maximum atomic E-state index is 12.5. The molecule has 1 aliphatic rings. The van der Waals surface area contributed by atoms with Crippen molar-refractivity contribution < 1.29 is 30.8 Å². The van der Waals surface area contributed by atoms with E-state index in [4.69, 9.17) is 4.74 Å². The van der Waals surface area contributed by atoms with Crippen molar-refractivity contribution in [3.8, 4) is 17.3 Å². The second-order valence-corrected chi connectivity index (χ2v) is 8.10. The van der Waals surface area contributed by atoms with Crippen molar-refractivity contribution in [2.24, 2.45) is 0 Å². The van der Waals surface area contributed by atoms with Crippen LogP contribution in [0.3, 0.4) is 0 Å². The Morgan fingerprint density at radius 2 is 2.15 bits per heavy atom. The van der Waals surface area contributed by atoms with Gasteiger partial charge in [-0.15, -0.1) is 0 Å². The lowest BCUT2D eigenvalue weighted by Crippen LogP contribution is -2.32. The highest BCUT2D eigenvalue weighted by molar-refractivity contribution is 7.89. The molecule has 3 heterocycles. The zero-order valence-electron chi connectivity index (χ0n) is 14.3. The first-order valence-corrected chi connectivity index (χ1v) is 9.82. The van der Waals surface area contributed by atoms with Crippen LogP contribution < -0.4 is 4.74 Å². The molecule has 1 atom stereocenters. The lowest BCUT2D eigenvalue weighted by atomic mass is 10.2. The highest BCUT2D eigenvalue weighted by atomic mass is 32.2. The zero-order valence-corrected chi connectivity index (χ0v) is 15.1. The molecule has 0 bridgehead atoms. The summed E-state index contributed by atoms with van der Waals surface area (Å²) < 4.78 is 72.8. The third-order valence-electron chi connectivity index (χ3n) is 3.91. The largest absolute Gasteiger partial charge is 0.473 e. The predicted molar refractivity (Wildman–Crippen MR) is 87.2 cm³/mol. The monoisotopic (exact) mass is 406 g/mol. The van der Waals surface area contributed by atoms with Crippen LogP contribution in [0.5, 0.6) is 5.88 Å². The molecule has 0 amide bonds. The summed E-state index contributed by atoms with van der Waals surface area (Å²) in [6.07, 6.45) is -2.71. The minimum Gasteiger partial charge on any atom is -0.473 e. The minimum atomic E-state index is -4.71. The van der Waals surface area contributed by atoms with Crippen molar-refractivity contribution in [1.29, 1.82) is 0 Å². The lowest BCUT2D eigenvalue weighted by Gasteiger charge is -2.16. The molecule has 148 valence electrons. The Hall–Kier alpha value is -2.21. The maximum Gasteiger partial charge on any atom is 0.471 e. The summed E-state index contributed by atoms with van der Waals surface area (Å²) in [6, 6.07) is 2.91. The van der Waals surface area contributed by atoms with Gasteiger partial charge in [0, 0.05) is 24.4 Å². The van der Waals surface area contributed by atoms with Gasteiger partial charge in [0.15, 0.2) is 0 Å². The number of alkyl halides is 3. The fraction of sp³-hybridized carbons (Fsp3) is 0.533. The average molecular weight is 406 g/mol. The molecule has 0 unspecified atom stereocenters. The molecular formula is C15H17F3N4O4S. The van der Waals surface area contributed by atoms with Crippen molar-refractivity contribution in [3.05, 3.63) is 24.2 Å². The van der Waals surface area contributed by atoms with Gasteiger partial charge in [0.1, 0.15) is 6.10 Å². The van der Waals surface area contributed by atoms with Crippen molar-refractivity contribution in [2.45, 2.75) is 32.0 Å². The molecule has 0 N–H and O–H groups in total. The molecule has 0 radical (unpaired) electrons. The number of aromatic nitrogens is 3. The molecular weight excluding hydrogens is 389 g/mol. The van der Waals surface area contributed by atoms with E-state index in [-0.39, 0.29) is 35.7 Å². The summed E-state index contributed by atoms with van der Waals surface area (Å²) in [5.41, 5.74) is 0.236.